The first-order valence-electron chi connectivity index (χ1n) is 4.10. The standard InChI is InChI=1S/C9H15NOS/c1-8(10-5-6-11-2)9-4-3-7-12-9/h3-4,7-8,10H,5-6H2,1-2H3. The fourth-order valence-corrected chi connectivity index (χ4v) is 1.77. The van der Waals surface area contributed by atoms with E-state index in [1.807, 2.05) is 0 Å². The van der Waals surface area contributed by atoms with E-state index >= 15 is 0 Å². The molecule has 1 aromatic rings. The summed E-state index contributed by atoms with van der Waals surface area (Å²) in [5.74, 6) is 0. The minimum atomic E-state index is 0.445. The van der Waals surface area contributed by atoms with Crippen LogP contribution in [0.25, 0.3) is 0 Å². The van der Waals surface area contributed by atoms with Crippen molar-refractivity contribution in [1.29, 1.82) is 0 Å². The van der Waals surface area contributed by atoms with Crippen LogP contribution >= 0.6 is 11.3 Å². The lowest BCUT2D eigenvalue weighted by Crippen LogP contribution is -2.22. The Morgan fingerprint density at radius 3 is 3.08 bits per heavy atom. The Balaban J connectivity index is 2.25. The first-order valence-corrected chi connectivity index (χ1v) is 4.98. The van der Waals surface area contributed by atoms with Crippen LogP contribution in [-0.2, 0) is 4.74 Å². The molecule has 1 heterocycles. The number of ether oxygens (including phenoxy) is 1. The van der Waals surface area contributed by atoms with Crippen LogP contribution in [0.5, 0.6) is 0 Å². The van der Waals surface area contributed by atoms with Gasteiger partial charge >= 0.3 is 0 Å². The Hall–Kier alpha value is -0.380. The molecule has 0 aliphatic rings. The highest BCUT2D eigenvalue weighted by atomic mass is 32.1. The van der Waals surface area contributed by atoms with Gasteiger partial charge in [0, 0.05) is 24.6 Å². The lowest BCUT2D eigenvalue weighted by Gasteiger charge is -2.10. The van der Waals surface area contributed by atoms with E-state index in [2.05, 4.69) is 29.8 Å². The second kappa shape index (κ2) is 5.30. The van der Waals surface area contributed by atoms with E-state index in [1.165, 1.54) is 4.88 Å². The third-order valence-corrected chi connectivity index (χ3v) is 2.78. The van der Waals surface area contributed by atoms with Crippen LogP contribution in [0.15, 0.2) is 17.5 Å². The molecule has 0 saturated carbocycles. The van der Waals surface area contributed by atoms with E-state index in [4.69, 9.17) is 4.74 Å². The van der Waals surface area contributed by atoms with Crippen LogP contribution in [0, 0.1) is 0 Å². The zero-order valence-electron chi connectivity index (χ0n) is 7.54. The van der Waals surface area contributed by atoms with E-state index in [0.717, 1.165) is 13.2 Å². The molecule has 3 heteroatoms. The van der Waals surface area contributed by atoms with Crippen molar-refractivity contribution in [3.05, 3.63) is 22.4 Å². The molecule has 1 rings (SSSR count). The molecule has 68 valence electrons. The van der Waals surface area contributed by atoms with E-state index in [9.17, 15) is 0 Å². The minimum Gasteiger partial charge on any atom is -0.383 e. The summed E-state index contributed by atoms with van der Waals surface area (Å²) in [6.07, 6.45) is 0. The smallest absolute Gasteiger partial charge is 0.0587 e. The van der Waals surface area contributed by atoms with Crippen LogP contribution in [0.4, 0.5) is 0 Å². The number of methoxy groups -OCH3 is 1. The molecule has 0 aromatic carbocycles. The molecule has 1 N–H and O–H groups in total. The van der Waals surface area contributed by atoms with E-state index < -0.39 is 0 Å². The molecule has 1 aromatic heterocycles. The van der Waals surface area contributed by atoms with Gasteiger partial charge in [0.05, 0.1) is 6.61 Å². The van der Waals surface area contributed by atoms with E-state index in [-0.39, 0.29) is 0 Å². The molecule has 12 heavy (non-hydrogen) atoms. The fourth-order valence-electron chi connectivity index (χ4n) is 1.02. The van der Waals surface area contributed by atoms with Crippen molar-refractivity contribution in [3.63, 3.8) is 0 Å². The molecular formula is C9H15NOS. The van der Waals surface area contributed by atoms with Crippen molar-refractivity contribution in [1.82, 2.24) is 5.32 Å². The summed E-state index contributed by atoms with van der Waals surface area (Å²) in [6.45, 7) is 3.85. The summed E-state index contributed by atoms with van der Waals surface area (Å²) < 4.78 is 4.95. The van der Waals surface area contributed by atoms with Gasteiger partial charge in [0.15, 0.2) is 0 Å². The molecule has 0 spiro atoms. The lowest BCUT2D eigenvalue weighted by molar-refractivity contribution is 0.196. The Morgan fingerprint density at radius 1 is 1.67 bits per heavy atom. The maximum Gasteiger partial charge on any atom is 0.0587 e. The highest BCUT2D eigenvalue weighted by molar-refractivity contribution is 7.10. The maximum atomic E-state index is 4.95. The third kappa shape index (κ3) is 2.93. The molecular weight excluding hydrogens is 170 g/mol. The molecule has 0 radical (unpaired) electrons. The molecule has 0 aliphatic carbocycles. The molecule has 0 fully saturated rings. The average molecular weight is 185 g/mol. The molecule has 0 saturated heterocycles. The highest BCUT2D eigenvalue weighted by Gasteiger charge is 2.03. The second-order valence-electron chi connectivity index (χ2n) is 2.68. The zero-order chi connectivity index (χ0) is 8.81. The molecule has 0 bridgehead atoms. The van der Waals surface area contributed by atoms with Crippen LogP contribution in [0.2, 0.25) is 0 Å². The minimum absolute atomic E-state index is 0.445. The van der Waals surface area contributed by atoms with Gasteiger partial charge in [-0.15, -0.1) is 11.3 Å². The molecule has 1 unspecified atom stereocenters. The Bertz CT molecular complexity index is 198. The largest absolute Gasteiger partial charge is 0.383 e. The van der Waals surface area contributed by atoms with E-state index in [0.29, 0.717) is 6.04 Å². The van der Waals surface area contributed by atoms with Gasteiger partial charge in [-0.3, -0.25) is 0 Å². The number of nitrogens with one attached hydrogen (secondary N) is 1. The number of hydrogen-bond donors (Lipinski definition) is 1. The first kappa shape index (κ1) is 9.71. The van der Waals surface area contributed by atoms with Gasteiger partial charge in [-0.05, 0) is 18.4 Å². The molecule has 0 aliphatic heterocycles. The van der Waals surface area contributed by atoms with Crippen molar-refractivity contribution < 1.29 is 4.74 Å². The van der Waals surface area contributed by atoms with Crippen molar-refractivity contribution in [2.45, 2.75) is 13.0 Å². The van der Waals surface area contributed by atoms with Gasteiger partial charge in [-0.25, -0.2) is 0 Å². The van der Waals surface area contributed by atoms with Crippen molar-refractivity contribution in [2.75, 3.05) is 20.3 Å². The Morgan fingerprint density at radius 2 is 2.50 bits per heavy atom. The second-order valence-corrected chi connectivity index (χ2v) is 3.66. The topological polar surface area (TPSA) is 21.3 Å². The van der Waals surface area contributed by atoms with Crippen LogP contribution in [0.3, 0.4) is 0 Å². The zero-order valence-corrected chi connectivity index (χ0v) is 8.36. The summed E-state index contributed by atoms with van der Waals surface area (Å²) in [4.78, 5) is 1.38. The summed E-state index contributed by atoms with van der Waals surface area (Å²) in [7, 11) is 1.72. The first-order chi connectivity index (χ1) is 5.84. The van der Waals surface area contributed by atoms with Gasteiger partial charge in [-0.2, -0.15) is 0 Å². The Kier molecular flexibility index (Phi) is 4.29. The van der Waals surface area contributed by atoms with Crippen LogP contribution in [0.1, 0.15) is 17.8 Å². The van der Waals surface area contributed by atoms with Crippen molar-refractivity contribution in [2.24, 2.45) is 0 Å². The normalized spacial score (nSPS) is 13.2. The van der Waals surface area contributed by atoms with Crippen molar-refractivity contribution in [3.8, 4) is 0 Å². The predicted molar refractivity (Wildman–Crippen MR) is 52.6 cm³/mol. The molecule has 0 amide bonds. The number of thiophene rings is 1. The summed E-state index contributed by atoms with van der Waals surface area (Å²) >= 11 is 1.79. The number of hydrogen-bond acceptors (Lipinski definition) is 3. The Labute approximate surface area is 77.6 Å². The average Bonchev–Trinajstić information content (AvgIpc) is 2.56. The van der Waals surface area contributed by atoms with Crippen molar-refractivity contribution >= 4 is 11.3 Å². The SMILES string of the molecule is COCCNC(C)c1cccs1. The van der Waals surface area contributed by atoms with Gasteiger partial charge < -0.3 is 10.1 Å². The van der Waals surface area contributed by atoms with Crippen LogP contribution in [-0.4, -0.2) is 20.3 Å². The number of rotatable bonds is 5. The van der Waals surface area contributed by atoms with Crippen LogP contribution < -0.4 is 5.32 Å². The summed E-state index contributed by atoms with van der Waals surface area (Å²) in [5.41, 5.74) is 0. The lowest BCUT2D eigenvalue weighted by atomic mass is 10.3. The predicted octanol–water partition coefficient (Wildman–Crippen LogP) is 2.05. The highest BCUT2D eigenvalue weighted by Crippen LogP contribution is 2.17. The van der Waals surface area contributed by atoms with E-state index in [1.54, 1.807) is 18.4 Å². The quantitative estimate of drug-likeness (QED) is 0.709. The summed E-state index contributed by atoms with van der Waals surface area (Å²) in [5, 5.41) is 5.47. The maximum absolute atomic E-state index is 4.95. The van der Waals surface area contributed by atoms with Gasteiger partial charge in [0.2, 0.25) is 0 Å². The molecule has 2 nitrogen and oxygen atoms in total. The fraction of sp³-hybridized carbons (Fsp3) is 0.556. The monoisotopic (exact) mass is 185 g/mol. The molecule has 1 atom stereocenters. The van der Waals surface area contributed by atoms with Gasteiger partial charge in [0.25, 0.3) is 0 Å². The van der Waals surface area contributed by atoms with Gasteiger partial charge in [-0.1, -0.05) is 6.07 Å². The summed E-state index contributed by atoms with van der Waals surface area (Å²) in [6, 6.07) is 4.67. The van der Waals surface area contributed by atoms with Gasteiger partial charge in [0.1, 0.15) is 0 Å². The third-order valence-electron chi connectivity index (χ3n) is 1.73.